The van der Waals surface area contributed by atoms with Crippen LogP contribution in [0.1, 0.15) is 19.4 Å². The second-order valence-corrected chi connectivity index (χ2v) is 7.10. The summed E-state index contributed by atoms with van der Waals surface area (Å²) in [5.41, 5.74) is 3.40. The van der Waals surface area contributed by atoms with Gasteiger partial charge in [0.25, 0.3) is 0 Å². The van der Waals surface area contributed by atoms with Crippen LogP contribution in [-0.2, 0) is 6.54 Å². The van der Waals surface area contributed by atoms with E-state index in [1.165, 1.54) is 12.1 Å². The van der Waals surface area contributed by atoms with Crippen molar-refractivity contribution >= 4 is 11.6 Å². The van der Waals surface area contributed by atoms with E-state index in [0.717, 1.165) is 22.5 Å². The Morgan fingerprint density at radius 1 is 1.15 bits per heavy atom. The minimum Gasteiger partial charge on any atom is -0.395 e. The predicted molar refractivity (Wildman–Crippen MR) is 107 cm³/mol. The van der Waals surface area contributed by atoms with Crippen LogP contribution in [0.4, 0.5) is 4.39 Å². The van der Waals surface area contributed by atoms with E-state index in [4.69, 9.17) is 16.7 Å². The van der Waals surface area contributed by atoms with Gasteiger partial charge in [0.05, 0.1) is 23.0 Å². The fraction of sp³-hybridized carbons (Fsp3) is 0.286. The zero-order chi connectivity index (χ0) is 19.4. The summed E-state index contributed by atoms with van der Waals surface area (Å²) in [4.78, 5) is 2.17. The molecule has 3 aromatic rings. The van der Waals surface area contributed by atoms with Gasteiger partial charge in [-0.1, -0.05) is 29.8 Å². The Labute approximate surface area is 163 Å². The van der Waals surface area contributed by atoms with Crippen molar-refractivity contribution in [3.8, 4) is 16.9 Å². The van der Waals surface area contributed by atoms with E-state index in [2.05, 4.69) is 18.7 Å². The molecule has 1 N–H and O–H groups in total. The van der Waals surface area contributed by atoms with Gasteiger partial charge in [0, 0.05) is 36.5 Å². The van der Waals surface area contributed by atoms with Gasteiger partial charge in [-0.05, 0) is 44.2 Å². The molecule has 4 nitrogen and oxygen atoms in total. The number of aliphatic hydroxyl groups is 1. The molecule has 0 saturated carbocycles. The number of rotatable bonds is 7. The number of aliphatic hydroxyl groups excluding tert-OH is 1. The molecule has 0 aliphatic carbocycles. The standard InChI is InChI=1S/C21H23ClFN3O/c1-15(2)25(11-12-27)13-16-14-26(18-9-7-17(23)8-10-18)24-21(16)19-5-3-4-6-20(19)22/h3-10,14-15,27H,11-13H2,1-2H3. The number of benzene rings is 2. The first-order valence-corrected chi connectivity index (χ1v) is 9.31. The average Bonchev–Trinajstić information content (AvgIpc) is 3.06. The molecule has 0 radical (unpaired) electrons. The van der Waals surface area contributed by atoms with Gasteiger partial charge in [0.15, 0.2) is 0 Å². The molecule has 0 aliphatic rings. The first-order chi connectivity index (χ1) is 13.0. The zero-order valence-corrected chi connectivity index (χ0v) is 16.2. The molecule has 6 heteroatoms. The smallest absolute Gasteiger partial charge is 0.123 e. The van der Waals surface area contributed by atoms with Crippen molar-refractivity contribution in [3.63, 3.8) is 0 Å². The van der Waals surface area contributed by atoms with Crippen molar-refractivity contribution in [3.05, 3.63) is 71.1 Å². The molecule has 0 saturated heterocycles. The van der Waals surface area contributed by atoms with Crippen molar-refractivity contribution in [2.75, 3.05) is 13.2 Å². The fourth-order valence-corrected chi connectivity index (χ4v) is 3.22. The van der Waals surface area contributed by atoms with Gasteiger partial charge in [-0.15, -0.1) is 0 Å². The average molecular weight is 388 g/mol. The lowest BCUT2D eigenvalue weighted by Gasteiger charge is -2.25. The van der Waals surface area contributed by atoms with Crippen LogP contribution in [0.3, 0.4) is 0 Å². The molecule has 0 amide bonds. The van der Waals surface area contributed by atoms with Crippen LogP contribution < -0.4 is 0 Å². The minimum atomic E-state index is -0.286. The number of hydrogen-bond acceptors (Lipinski definition) is 3. The first kappa shape index (κ1) is 19.5. The van der Waals surface area contributed by atoms with Gasteiger partial charge in [-0.3, -0.25) is 4.90 Å². The lowest BCUT2D eigenvalue weighted by Crippen LogP contribution is -2.32. The largest absolute Gasteiger partial charge is 0.395 e. The zero-order valence-electron chi connectivity index (χ0n) is 15.4. The molecule has 0 bridgehead atoms. The molecule has 142 valence electrons. The van der Waals surface area contributed by atoms with Gasteiger partial charge in [-0.2, -0.15) is 5.10 Å². The summed E-state index contributed by atoms with van der Waals surface area (Å²) in [5.74, 6) is -0.286. The molecule has 1 heterocycles. The summed E-state index contributed by atoms with van der Waals surface area (Å²) < 4.78 is 15.0. The van der Waals surface area contributed by atoms with Crippen LogP contribution in [0.5, 0.6) is 0 Å². The van der Waals surface area contributed by atoms with Crippen molar-refractivity contribution in [1.29, 1.82) is 0 Å². The van der Waals surface area contributed by atoms with E-state index >= 15 is 0 Å². The van der Waals surface area contributed by atoms with E-state index < -0.39 is 0 Å². The maximum Gasteiger partial charge on any atom is 0.123 e. The lowest BCUT2D eigenvalue weighted by atomic mass is 10.1. The Morgan fingerprint density at radius 2 is 1.85 bits per heavy atom. The van der Waals surface area contributed by atoms with Gasteiger partial charge in [0.1, 0.15) is 5.82 Å². The second kappa shape index (κ2) is 8.65. The molecular formula is C21H23ClFN3O. The molecular weight excluding hydrogens is 365 g/mol. The summed E-state index contributed by atoms with van der Waals surface area (Å²) in [7, 11) is 0. The molecule has 0 spiro atoms. The predicted octanol–water partition coefficient (Wildman–Crippen LogP) is 4.53. The summed E-state index contributed by atoms with van der Waals surface area (Å²) in [6, 6.07) is 14.1. The summed E-state index contributed by atoms with van der Waals surface area (Å²) in [6.07, 6.45) is 1.94. The topological polar surface area (TPSA) is 41.3 Å². The molecule has 0 aliphatic heterocycles. The highest BCUT2D eigenvalue weighted by Crippen LogP contribution is 2.31. The third-order valence-corrected chi connectivity index (χ3v) is 4.83. The lowest BCUT2D eigenvalue weighted by molar-refractivity contribution is 0.159. The summed E-state index contributed by atoms with van der Waals surface area (Å²) in [5, 5.41) is 14.7. The first-order valence-electron chi connectivity index (χ1n) is 8.94. The van der Waals surface area contributed by atoms with Gasteiger partial charge in [-0.25, -0.2) is 9.07 Å². The van der Waals surface area contributed by atoms with E-state index in [9.17, 15) is 9.50 Å². The van der Waals surface area contributed by atoms with E-state index in [1.54, 1.807) is 16.8 Å². The maximum absolute atomic E-state index is 13.3. The molecule has 3 rings (SSSR count). The Balaban J connectivity index is 2.06. The van der Waals surface area contributed by atoms with E-state index in [0.29, 0.717) is 18.1 Å². The summed E-state index contributed by atoms with van der Waals surface area (Å²) in [6.45, 7) is 5.47. The van der Waals surface area contributed by atoms with Crippen LogP contribution >= 0.6 is 11.6 Å². The monoisotopic (exact) mass is 387 g/mol. The molecule has 0 fully saturated rings. The Kier molecular flexibility index (Phi) is 6.26. The Bertz CT molecular complexity index is 893. The molecule has 0 atom stereocenters. The van der Waals surface area contributed by atoms with E-state index in [-0.39, 0.29) is 18.5 Å². The molecule has 0 unspecified atom stereocenters. The molecule has 2 aromatic carbocycles. The highest BCUT2D eigenvalue weighted by molar-refractivity contribution is 6.33. The number of halogens is 2. The van der Waals surface area contributed by atoms with Crippen LogP contribution in [0.15, 0.2) is 54.7 Å². The molecule has 1 aromatic heterocycles. The quantitative estimate of drug-likeness (QED) is 0.647. The van der Waals surface area contributed by atoms with Crippen LogP contribution in [-0.4, -0.2) is 39.0 Å². The van der Waals surface area contributed by atoms with Gasteiger partial charge < -0.3 is 5.11 Å². The van der Waals surface area contributed by atoms with Crippen LogP contribution in [0.25, 0.3) is 16.9 Å². The number of hydrogen-bond donors (Lipinski definition) is 1. The highest BCUT2D eigenvalue weighted by Gasteiger charge is 2.18. The van der Waals surface area contributed by atoms with Crippen molar-refractivity contribution in [2.45, 2.75) is 26.4 Å². The van der Waals surface area contributed by atoms with Crippen molar-refractivity contribution < 1.29 is 9.50 Å². The van der Waals surface area contributed by atoms with Gasteiger partial charge in [0.2, 0.25) is 0 Å². The third kappa shape index (κ3) is 4.56. The highest BCUT2D eigenvalue weighted by atomic mass is 35.5. The van der Waals surface area contributed by atoms with Gasteiger partial charge >= 0.3 is 0 Å². The normalized spacial score (nSPS) is 11.5. The molecule has 27 heavy (non-hydrogen) atoms. The van der Waals surface area contributed by atoms with Crippen molar-refractivity contribution in [2.24, 2.45) is 0 Å². The number of nitrogens with zero attached hydrogens (tertiary/aromatic N) is 3. The SMILES string of the molecule is CC(C)N(CCO)Cc1cn(-c2ccc(F)cc2)nc1-c1ccccc1Cl. The second-order valence-electron chi connectivity index (χ2n) is 6.69. The maximum atomic E-state index is 13.3. The van der Waals surface area contributed by atoms with Crippen LogP contribution in [0.2, 0.25) is 5.02 Å². The van der Waals surface area contributed by atoms with E-state index in [1.807, 2.05) is 30.5 Å². The Morgan fingerprint density at radius 3 is 2.48 bits per heavy atom. The van der Waals surface area contributed by atoms with Crippen LogP contribution in [0, 0.1) is 5.82 Å². The van der Waals surface area contributed by atoms with Crippen molar-refractivity contribution in [1.82, 2.24) is 14.7 Å². The Hall–Kier alpha value is -2.21. The summed E-state index contributed by atoms with van der Waals surface area (Å²) >= 11 is 6.41. The third-order valence-electron chi connectivity index (χ3n) is 4.50. The number of aromatic nitrogens is 2. The fourth-order valence-electron chi connectivity index (χ4n) is 3.00. The minimum absolute atomic E-state index is 0.0890.